The highest BCUT2D eigenvalue weighted by Gasteiger charge is 2.08. The summed E-state index contributed by atoms with van der Waals surface area (Å²) in [5.41, 5.74) is 1.37. The van der Waals surface area contributed by atoms with Crippen LogP contribution >= 0.6 is 0 Å². The maximum absolute atomic E-state index is 5.05. The Morgan fingerprint density at radius 2 is 2.33 bits per heavy atom. The van der Waals surface area contributed by atoms with Gasteiger partial charge in [-0.05, 0) is 25.1 Å². The summed E-state index contributed by atoms with van der Waals surface area (Å²) in [6.45, 7) is 3.91. The van der Waals surface area contributed by atoms with Crippen LogP contribution in [0, 0.1) is 0 Å². The van der Waals surface area contributed by atoms with Gasteiger partial charge in [-0.3, -0.25) is 0 Å². The summed E-state index contributed by atoms with van der Waals surface area (Å²) in [6.07, 6.45) is 6.71. The second-order valence-corrected chi connectivity index (χ2v) is 3.81. The van der Waals surface area contributed by atoms with Gasteiger partial charge < -0.3 is 14.6 Å². The van der Waals surface area contributed by atoms with Crippen LogP contribution in [0.1, 0.15) is 31.4 Å². The molecule has 0 radical (unpaired) electrons. The second-order valence-electron chi connectivity index (χ2n) is 3.81. The van der Waals surface area contributed by atoms with Crippen LogP contribution in [0.2, 0.25) is 0 Å². The molecule has 1 unspecified atom stereocenters. The van der Waals surface area contributed by atoms with Crippen molar-refractivity contribution >= 4 is 0 Å². The molecule has 0 saturated heterocycles. The lowest BCUT2D eigenvalue weighted by Gasteiger charge is -2.13. The molecule has 0 spiro atoms. The number of ether oxygens (including phenoxy) is 1. The highest BCUT2D eigenvalue weighted by Crippen LogP contribution is 2.18. The van der Waals surface area contributed by atoms with E-state index in [9.17, 15) is 0 Å². The lowest BCUT2D eigenvalue weighted by molar-refractivity contribution is 0.187. The van der Waals surface area contributed by atoms with Crippen molar-refractivity contribution in [2.45, 2.75) is 32.4 Å². The number of hydrogen-bond acceptors (Lipinski definition) is 2. The average molecular weight is 210 g/mol. The zero-order chi connectivity index (χ0) is 11.1. The summed E-state index contributed by atoms with van der Waals surface area (Å²) in [6, 6.07) is 2.67. The Bertz CT molecular complexity index is 270. The summed E-state index contributed by atoms with van der Waals surface area (Å²) < 4.78 is 7.23. The largest absolute Gasteiger partial charge is 0.383 e. The molecule has 1 aromatic rings. The normalized spacial score (nSPS) is 13.0. The maximum Gasteiger partial charge on any atom is 0.0641 e. The lowest BCUT2D eigenvalue weighted by Crippen LogP contribution is -2.15. The van der Waals surface area contributed by atoms with Gasteiger partial charge in [0.15, 0.2) is 0 Å². The Labute approximate surface area is 92.4 Å². The van der Waals surface area contributed by atoms with Gasteiger partial charge in [0.1, 0.15) is 0 Å². The van der Waals surface area contributed by atoms with Crippen molar-refractivity contribution in [3.05, 3.63) is 24.0 Å². The van der Waals surface area contributed by atoms with Gasteiger partial charge in [-0.2, -0.15) is 0 Å². The van der Waals surface area contributed by atoms with E-state index in [1.165, 1.54) is 18.4 Å². The van der Waals surface area contributed by atoms with Gasteiger partial charge in [0, 0.05) is 32.1 Å². The third kappa shape index (κ3) is 3.68. The molecule has 3 heteroatoms. The molecule has 0 aliphatic heterocycles. The van der Waals surface area contributed by atoms with E-state index in [1.54, 1.807) is 7.11 Å². The minimum Gasteiger partial charge on any atom is -0.383 e. The fourth-order valence-corrected chi connectivity index (χ4v) is 1.77. The van der Waals surface area contributed by atoms with Crippen LogP contribution < -0.4 is 5.32 Å². The predicted octanol–water partition coefficient (Wildman–Crippen LogP) is 2.20. The van der Waals surface area contributed by atoms with E-state index in [1.807, 2.05) is 7.05 Å². The molecule has 15 heavy (non-hydrogen) atoms. The molecule has 3 nitrogen and oxygen atoms in total. The first-order valence-electron chi connectivity index (χ1n) is 5.63. The Morgan fingerprint density at radius 3 is 2.93 bits per heavy atom. The molecular formula is C12H22N2O. The summed E-state index contributed by atoms with van der Waals surface area (Å²) >= 11 is 0. The van der Waals surface area contributed by atoms with Crippen molar-refractivity contribution in [2.75, 3.05) is 20.8 Å². The van der Waals surface area contributed by atoms with Crippen LogP contribution in [0.25, 0.3) is 0 Å². The summed E-state index contributed by atoms with van der Waals surface area (Å²) in [4.78, 5) is 0. The van der Waals surface area contributed by atoms with Crippen LogP contribution in [0.4, 0.5) is 0 Å². The molecular weight excluding hydrogens is 188 g/mol. The number of rotatable bonds is 7. The van der Waals surface area contributed by atoms with Crippen molar-refractivity contribution in [1.29, 1.82) is 0 Å². The first-order valence-corrected chi connectivity index (χ1v) is 5.63. The minimum atomic E-state index is 0.485. The molecule has 0 aliphatic carbocycles. The second kappa shape index (κ2) is 6.64. The molecule has 1 heterocycles. The average Bonchev–Trinajstić information content (AvgIpc) is 2.71. The quantitative estimate of drug-likeness (QED) is 0.746. The van der Waals surface area contributed by atoms with E-state index < -0.39 is 0 Å². The van der Waals surface area contributed by atoms with E-state index in [4.69, 9.17) is 4.74 Å². The zero-order valence-electron chi connectivity index (χ0n) is 9.99. The summed E-state index contributed by atoms with van der Waals surface area (Å²) in [7, 11) is 3.75. The van der Waals surface area contributed by atoms with Crippen molar-refractivity contribution < 1.29 is 4.74 Å². The summed E-state index contributed by atoms with van der Waals surface area (Å²) in [5, 5.41) is 3.34. The zero-order valence-corrected chi connectivity index (χ0v) is 9.99. The van der Waals surface area contributed by atoms with E-state index in [2.05, 4.69) is 35.3 Å². The third-order valence-corrected chi connectivity index (χ3v) is 2.66. The fourth-order valence-electron chi connectivity index (χ4n) is 1.77. The van der Waals surface area contributed by atoms with Crippen molar-refractivity contribution in [2.24, 2.45) is 0 Å². The van der Waals surface area contributed by atoms with E-state index in [0.29, 0.717) is 6.04 Å². The van der Waals surface area contributed by atoms with Gasteiger partial charge in [-0.25, -0.2) is 0 Å². The van der Waals surface area contributed by atoms with Crippen LogP contribution in [0.5, 0.6) is 0 Å². The number of aromatic nitrogens is 1. The molecule has 0 amide bonds. The predicted molar refractivity (Wildman–Crippen MR) is 63.0 cm³/mol. The first kappa shape index (κ1) is 12.3. The molecule has 0 aliphatic rings. The number of hydrogen-bond donors (Lipinski definition) is 1. The highest BCUT2D eigenvalue weighted by molar-refractivity contribution is 5.15. The van der Waals surface area contributed by atoms with Crippen LogP contribution in [0.3, 0.4) is 0 Å². The Morgan fingerprint density at radius 1 is 1.53 bits per heavy atom. The van der Waals surface area contributed by atoms with E-state index in [0.717, 1.165) is 13.2 Å². The van der Waals surface area contributed by atoms with Gasteiger partial charge in [0.05, 0.1) is 6.61 Å². The molecule has 1 rings (SSSR count). The Kier molecular flexibility index (Phi) is 5.43. The first-order chi connectivity index (χ1) is 7.31. The van der Waals surface area contributed by atoms with Gasteiger partial charge in [-0.1, -0.05) is 13.3 Å². The molecule has 0 saturated carbocycles. The van der Waals surface area contributed by atoms with E-state index in [-0.39, 0.29) is 0 Å². The molecule has 1 atom stereocenters. The molecule has 0 bridgehead atoms. The van der Waals surface area contributed by atoms with Crippen LogP contribution in [-0.4, -0.2) is 25.3 Å². The van der Waals surface area contributed by atoms with Gasteiger partial charge in [0.2, 0.25) is 0 Å². The molecule has 1 aromatic heterocycles. The fraction of sp³-hybridized carbons (Fsp3) is 0.667. The van der Waals surface area contributed by atoms with Gasteiger partial charge >= 0.3 is 0 Å². The van der Waals surface area contributed by atoms with Crippen molar-refractivity contribution in [3.8, 4) is 0 Å². The highest BCUT2D eigenvalue weighted by atomic mass is 16.5. The van der Waals surface area contributed by atoms with Gasteiger partial charge in [0.25, 0.3) is 0 Å². The standard InChI is InChI=1S/C12H22N2O/c1-4-5-12(13-2)11-6-7-14(10-11)8-9-15-3/h6-7,10,12-13H,4-5,8-9H2,1-3H3. The van der Waals surface area contributed by atoms with Crippen LogP contribution in [0.15, 0.2) is 18.5 Å². The monoisotopic (exact) mass is 210 g/mol. The summed E-state index contributed by atoms with van der Waals surface area (Å²) in [5.74, 6) is 0. The SMILES string of the molecule is CCCC(NC)c1ccn(CCOC)c1. The lowest BCUT2D eigenvalue weighted by atomic mass is 10.1. The molecule has 1 N–H and O–H groups in total. The van der Waals surface area contributed by atoms with Crippen molar-refractivity contribution in [1.82, 2.24) is 9.88 Å². The molecule has 86 valence electrons. The minimum absolute atomic E-state index is 0.485. The maximum atomic E-state index is 5.05. The Balaban J connectivity index is 2.56. The van der Waals surface area contributed by atoms with Gasteiger partial charge in [-0.15, -0.1) is 0 Å². The third-order valence-electron chi connectivity index (χ3n) is 2.66. The molecule has 0 aromatic carbocycles. The number of nitrogens with zero attached hydrogens (tertiary/aromatic N) is 1. The van der Waals surface area contributed by atoms with E-state index >= 15 is 0 Å². The topological polar surface area (TPSA) is 26.2 Å². The molecule has 0 fully saturated rings. The number of methoxy groups -OCH3 is 1. The van der Waals surface area contributed by atoms with Crippen molar-refractivity contribution in [3.63, 3.8) is 0 Å². The van der Waals surface area contributed by atoms with Crippen LogP contribution in [-0.2, 0) is 11.3 Å². The smallest absolute Gasteiger partial charge is 0.0641 e. The number of nitrogens with one attached hydrogen (secondary N) is 1. The Hall–Kier alpha value is -0.800.